The van der Waals surface area contributed by atoms with Gasteiger partial charge in [-0.25, -0.2) is 4.79 Å². The van der Waals surface area contributed by atoms with Gasteiger partial charge < -0.3 is 10.1 Å². The minimum atomic E-state index is -0.887. The smallest absolute Gasteiger partial charge is 0.328 e. The van der Waals surface area contributed by atoms with Gasteiger partial charge in [0.25, 0.3) is 0 Å². The molecule has 1 saturated carbocycles. The molecule has 0 bridgehead atoms. The molecule has 0 heterocycles. The summed E-state index contributed by atoms with van der Waals surface area (Å²) < 4.78 is 4.79. The minimum absolute atomic E-state index is 0.138. The van der Waals surface area contributed by atoms with Crippen LogP contribution in [0.25, 0.3) is 0 Å². The van der Waals surface area contributed by atoms with Gasteiger partial charge in [-0.15, -0.1) is 0 Å². The zero-order valence-corrected chi connectivity index (χ0v) is 16.5. The predicted molar refractivity (Wildman–Crippen MR) is 103 cm³/mol. The highest BCUT2D eigenvalue weighted by Crippen LogP contribution is 2.41. The van der Waals surface area contributed by atoms with Crippen molar-refractivity contribution in [2.45, 2.75) is 51.6 Å². The van der Waals surface area contributed by atoms with Gasteiger partial charge in [0.2, 0.25) is 5.91 Å². The van der Waals surface area contributed by atoms with Crippen LogP contribution in [0.15, 0.2) is 29.3 Å². The number of nitrogens with one attached hydrogen (secondary N) is 1. The second-order valence-corrected chi connectivity index (χ2v) is 7.27. The maximum Gasteiger partial charge on any atom is 0.328 e. The predicted octanol–water partition coefficient (Wildman–Crippen LogP) is 3.60. The number of carbonyl (C=O) groups is 2. The first-order valence-corrected chi connectivity index (χ1v) is 9.28. The van der Waals surface area contributed by atoms with Crippen LogP contribution in [-0.2, 0) is 14.3 Å². The number of amides is 1. The highest BCUT2D eigenvalue weighted by molar-refractivity contribution is 6.30. The number of halogens is 1. The summed E-state index contributed by atoms with van der Waals surface area (Å²) in [5.74, 6) is -0.902. The number of hydrogen-bond acceptors (Lipinski definition) is 5. The summed E-state index contributed by atoms with van der Waals surface area (Å²) >= 11 is 5.94. The van der Waals surface area contributed by atoms with Crippen LogP contribution in [0.3, 0.4) is 0 Å². The molecule has 3 atom stereocenters. The van der Waals surface area contributed by atoms with Crippen LogP contribution in [0.5, 0.6) is 0 Å². The topological polar surface area (TPSA) is 91.6 Å². The molecule has 1 fully saturated rings. The van der Waals surface area contributed by atoms with Crippen molar-refractivity contribution in [3.05, 3.63) is 34.9 Å². The normalized spacial score (nSPS) is 22.7. The molecule has 144 valence electrons. The highest BCUT2D eigenvalue weighted by atomic mass is 35.5. The van der Waals surface area contributed by atoms with Crippen LogP contribution in [0, 0.1) is 16.7 Å². The second kappa shape index (κ2) is 9.01. The fourth-order valence-corrected chi connectivity index (χ4v) is 3.62. The number of esters is 1. The molecule has 0 spiro atoms. The van der Waals surface area contributed by atoms with Crippen molar-refractivity contribution in [2.24, 2.45) is 10.4 Å². The SMILES string of the molecule is COC(=O)C(C[C@@]1(C#N)CCCC1=NC(C)c1ccc(Cl)cc1)NC(C)=O. The third-order valence-electron chi connectivity index (χ3n) is 4.90. The van der Waals surface area contributed by atoms with Crippen LogP contribution in [0.2, 0.25) is 5.02 Å². The van der Waals surface area contributed by atoms with E-state index in [9.17, 15) is 14.9 Å². The molecule has 0 aromatic heterocycles. The third kappa shape index (κ3) is 5.08. The molecule has 1 aliphatic rings. The Hall–Kier alpha value is -2.39. The van der Waals surface area contributed by atoms with Gasteiger partial charge in [-0.2, -0.15) is 5.26 Å². The standard InChI is InChI=1S/C20H24ClN3O3/c1-13(15-6-8-16(21)9-7-15)23-18-5-4-10-20(18,12-22)11-17(19(26)27-3)24-14(2)25/h6-9,13,17H,4-5,10-11H2,1-3H3,(H,24,25)/t13?,17?,20-/m1/s1. The number of benzene rings is 1. The van der Waals surface area contributed by atoms with Gasteiger partial charge in [-0.3, -0.25) is 9.79 Å². The van der Waals surface area contributed by atoms with Crippen LogP contribution < -0.4 is 5.32 Å². The second-order valence-electron chi connectivity index (χ2n) is 6.83. The molecule has 6 nitrogen and oxygen atoms in total. The van der Waals surface area contributed by atoms with Crippen molar-refractivity contribution in [3.63, 3.8) is 0 Å². The Morgan fingerprint density at radius 1 is 1.41 bits per heavy atom. The molecule has 1 amide bonds. The first kappa shape index (κ1) is 20.9. The molecule has 1 aromatic carbocycles. The monoisotopic (exact) mass is 389 g/mol. The summed E-state index contributed by atoms with van der Waals surface area (Å²) in [4.78, 5) is 28.4. The zero-order chi connectivity index (χ0) is 20.0. The molecule has 0 aliphatic heterocycles. The average molecular weight is 390 g/mol. The molecule has 1 N–H and O–H groups in total. The first-order chi connectivity index (χ1) is 12.8. The summed E-state index contributed by atoms with van der Waals surface area (Å²) in [6.45, 7) is 3.30. The van der Waals surface area contributed by atoms with Crippen molar-refractivity contribution in [2.75, 3.05) is 7.11 Å². The third-order valence-corrected chi connectivity index (χ3v) is 5.15. The summed E-state index contributed by atoms with van der Waals surface area (Å²) in [7, 11) is 1.27. The average Bonchev–Trinajstić information content (AvgIpc) is 3.03. The van der Waals surface area contributed by atoms with E-state index in [-0.39, 0.29) is 18.4 Å². The molecule has 0 radical (unpaired) electrons. The maximum absolute atomic E-state index is 12.1. The lowest BCUT2D eigenvalue weighted by Crippen LogP contribution is -2.45. The quantitative estimate of drug-likeness (QED) is 0.752. The van der Waals surface area contributed by atoms with Gasteiger partial charge in [-0.05, 0) is 43.9 Å². The van der Waals surface area contributed by atoms with Crippen molar-refractivity contribution in [1.29, 1.82) is 5.26 Å². The van der Waals surface area contributed by atoms with Gasteiger partial charge in [-0.1, -0.05) is 23.7 Å². The number of nitrogens with zero attached hydrogens (tertiary/aromatic N) is 2. The Morgan fingerprint density at radius 2 is 2.07 bits per heavy atom. The summed E-state index contributed by atoms with van der Waals surface area (Å²) in [6, 6.07) is 8.79. The lowest BCUT2D eigenvalue weighted by atomic mass is 9.79. The fraction of sp³-hybridized carbons (Fsp3) is 0.500. The van der Waals surface area contributed by atoms with Gasteiger partial charge in [0.1, 0.15) is 6.04 Å². The molecule has 0 saturated heterocycles. The number of ether oxygens (including phenoxy) is 1. The fourth-order valence-electron chi connectivity index (χ4n) is 3.49. The van der Waals surface area contributed by atoms with E-state index in [0.717, 1.165) is 17.7 Å². The zero-order valence-electron chi connectivity index (χ0n) is 15.8. The molecule has 2 rings (SSSR count). The summed E-state index contributed by atoms with van der Waals surface area (Å²) in [5.41, 5.74) is 0.880. The van der Waals surface area contributed by atoms with Crippen molar-refractivity contribution in [1.82, 2.24) is 5.32 Å². The van der Waals surface area contributed by atoms with Gasteiger partial charge in [0.05, 0.1) is 24.6 Å². The Bertz CT molecular complexity index is 770. The number of aliphatic imine (C=N–C) groups is 1. The number of methoxy groups -OCH3 is 1. The largest absolute Gasteiger partial charge is 0.467 e. The van der Waals surface area contributed by atoms with E-state index < -0.39 is 17.4 Å². The Balaban J connectivity index is 2.30. The van der Waals surface area contributed by atoms with Crippen LogP contribution >= 0.6 is 11.6 Å². The Kier molecular flexibility index (Phi) is 6.98. The molecule has 27 heavy (non-hydrogen) atoms. The Morgan fingerprint density at radius 3 is 2.63 bits per heavy atom. The first-order valence-electron chi connectivity index (χ1n) is 8.90. The van der Waals surface area contributed by atoms with E-state index >= 15 is 0 Å². The van der Waals surface area contributed by atoms with Gasteiger partial charge in [0, 0.05) is 24.1 Å². The summed E-state index contributed by atoms with van der Waals surface area (Å²) in [6.07, 6.45) is 2.26. The number of rotatable bonds is 6. The van der Waals surface area contributed by atoms with E-state index in [0.29, 0.717) is 17.9 Å². The Labute approximate surface area is 164 Å². The maximum atomic E-state index is 12.1. The van der Waals surface area contributed by atoms with Crippen LogP contribution in [0.1, 0.15) is 51.1 Å². The van der Waals surface area contributed by atoms with Crippen LogP contribution in [-0.4, -0.2) is 30.7 Å². The lowest BCUT2D eigenvalue weighted by molar-refractivity contribution is -0.145. The lowest BCUT2D eigenvalue weighted by Gasteiger charge is -2.27. The number of carbonyl (C=O) groups excluding carboxylic acids is 2. The van der Waals surface area contributed by atoms with Gasteiger partial charge in [0.15, 0.2) is 0 Å². The van der Waals surface area contributed by atoms with E-state index in [1.54, 1.807) is 0 Å². The van der Waals surface area contributed by atoms with E-state index in [1.807, 2.05) is 31.2 Å². The van der Waals surface area contributed by atoms with E-state index in [4.69, 9.17) is 21.3 Å². The summed E-state index contributed by atoms with van der Waals surface area (Å²) in [5, 5.41) is 13.2. The molecule has 1 aliphatic carbocycles. The number of nitriles is 1. The van der Waals surface area contributed by atoms with E-state index in [2.05, 4.69) is 11.4 Å². The molecule has 1 aromatic rings. The molecule has 2 unspecified atom stereocenters. The van der Waals surface area contributed by atoms with Crippen LogP contribution in [0.4, 0.5) is 0 Å². The molecular weight excluding hydrogens is 366 g/mol. The van der Waals surface area contributed by atoms with Crippen molar-refractivity contribution >= 4 is 29.2 Å². The number of hydrogen-bond donors (Lipinski definition) is 1. The highest BCUT2D eigenvalue weighted by Gasteiger charge is 2.44. The minimum Gasteiger partial charge on any atom is -0.467 e. The van der Waals surface area contributed by atoms with Crippen molar-refractivity contribution in [3.8, 4) is 6.07 Å². The van der Waals surface area contributed by atoms with Crippen molar-refractivity contribution < 1.29 is 14.3 Å². The van der Waals surface area contributed by atoms with E-state index in [1.165, 1.54) is 14.0 Å². The van der Waals surface area contributed by atoms with Gasteiger partial charge >= 0.3 is 5.97 Å². The molecular formula is C20H24ClN3O3. The molecule has 7 heteroatoms.